The molecule has 3 rings (SSSR count). The second-order valence-corrected chi connectivity index (χ2v) is 8.96. The standard InChI is InChI=1S/C21H33N3O2S/c1-17-9-14-23(15-10-17)12-5-3-11-22-20(25)18-7-2-4-13-24(18)21(26)19-8-6-16-27-19/h6,8,16-18H,2-5,7,9-15H2,1H3,(H,22,25). The number of likely N-dealkylation sites (tertiary alicyclic amines) is 2. The summed E-state index contributed by atoms with van der Waals surface area (Å²) >= 11 is 1.45. The lowest BCUT2D eigenvalue weighted by atomic mass is 9.99. The van der Waals surface area contributed by atoms with Gasteiger partial charge in [0.2, 0.25) is 5.91 Å². The Balaban J connectivity index is 1.39. The number of unbranched alkanes of at least 4 members (excludes halogenated alkanes) is 1. The molecule has 0 spiro atoms. The molecule has 1 atom stereocenters. The molecule has 2 aliphatic heterocycles. The molecule has 2 saturated heterocycles. The minimum absolute atomic E-state index is 0.00387. The van der Waals surface area contributed by atoms with Crippen molar-refractivity contribution >= 4 is 23.2 Å². The van der Waals surface area contributed by atoms with Crippen LogP contribution in [-0.4, -0.2) is 60.4 Å². The molecule has 1 aromatic heterocycles. The van der Waals surface area contributed by atoms with Gasteiger partial charge in [0.25, 0.3) is 5.91 Å². The van der Waals surface area contributed by atoms with Crippen molar-refractivity contribution in [3.63, 3.8) is 0 Å². The van der Waals surface area contributed by atoms with Crippen LogP contribution < -0.4 is 5.32 Å². The van der Waals surface area contributed by atoms with Crippen LogP contribution >= 0.6 is 11.3 Å². The molecule has 2 aliphatic rings. The summed E-state index contributed by atoms with van der Waals surface area (Å²) in [7, 11) is 0. The van der Waals surface area contributed by atoms with Gasteiger partial charge in [-0.25, -0.2) is 0 Å². The third-order valence-electron chi connectivity index (χ3n) is 5.87. The van der Waals surface area contributed by atoms with Gasteiger partial charge < -0.3 is 15.1 Å². The van der Waals surface area contributed by atoms with Crippen LogP contribution in [0.1, 0.15) is 61.5 Å². The van der Waals surface area contributed by atoms with Gasteiger partial charge in [-0.05, 0) is 81.9 Å². The molecular weight excluding hydrogens is 358 g/mol. The zero-order valence-corrected chi connectivity index (χ0v) is 17.3. The summed E-state index contributed by atoms with van der Waals surface area (Å²) in [6.07, 6.45) is 7.52. The molecule has 0 bridgehead atoms. The molecule has 6 heteroatoms. The molecule has 3 heterocycles. The Bertz CT molecular complexity index is 597. The second kappa shape index (κ2) is 10.2. The van der Waals surface area contributed by atoms with E-state index in [0.29, 0.717) is 13.1 Å². The van der Waals surface area contributed by atoms with Crippen LogP contribution in [0.3, 0.4) is 0 Å². The SMILES string of the molecule is CC1CCN(CCCCNC(=O)C2CCCCN2C(=O)c2cccs2)CC1. The Kier molecular flexibility index (Phi) is 7.70. The van der Waals surface area contributed by atoms with Crippen LogP contribution in [0.5, 0.6) is 0 Å². The van der Waals surface area contributed by atoms with Crippen molar-refractivity contribution in [1.82, 2.24) is 15.1 Å². The lowest BCUT2D eigenvalue weighted by molar-refractivity contribution is -0.126. The Morgan fingerprint density at radius 3 is 2.70 bits per heavy atom. The van der Waals surface area contributed by atoms with E-state index in [1.807, 2.05) is 17.5 Å². The van der Waals surface area contributed by atoms with E-state index in [2.05, 4.69) is 17.1 Å². The number of rotatable bonds is 7. The van der Waals surface area contributed by atoms with Crippen LogP contribution in [0.4, 0.5) is 0 Å². The summed E-state index contributed by atoms with van der Waals surface area (Å²) in [6, 6.07) is 3.43. The summed E-state index contributed by atoms with van der Waals surface area (Å²) < 4.78 is 0. The lowest BCUT2D eigenvalue weighted by Gasteiger charge is -2.34. The summed E-state index contributed by atoms with van der Waals surface area (Å²) in [5, 5.41) is 4.99. The fraction of sp³-hybridized carbons (Fsp3) is 0.714. The molecule has 1 unspecified atom stereocenters. The van der Waals surface area contributed by atoms with Crippen molar-refractivity contribution in [2.75, 3.05) is 32.7 Å². The molecule has 0 radical (unpaired) electrons. The number of piperidine rings is 2. The highest BCUT2D eigenvalue weighted by Gasteiger charge is 2.32. The van der Waals surface area contributed by atoms with E-state index in [1.54, 1.807) is 4.90 Å². The maximum absolute atomic E-state index is 12.7. The first kappa shape index (κ1) is 20.3. The van der Waals surface area contributed by atoms with Crippen molar-refractivity contribution in [3.05, 3.63) is 22.4 Å². The molecule has 2 amide bonds. The highest BCUT2D eigenvalue weighted by Crippen LogP contribution is 2.22. The molecule has 1 aromatic rings. The monoisotopic (exact) mass is 391 g/mol. The number of carbonyl (C=O) groups is 2. The second-order valence-electron chi connectivity index (χ2n) is 8.01. The topological polar surface area (TPSA) is 52.7 Å². The van der Waals surface area contributed by atoms with Crippen molar-refractivity contribution in [2.45, 2.75) is 57.9 Å². The predicted molar refractivity (Wildman–Crippen MR) is 110 cm³/mol. The molecule has 0 aliphatic carbocycles. The first-order valence-corrected chi connectivity index (χ1v) is 11.4. The number of carbonyl (C=O) groups excluding carboxylic acids is 2. The quantitative estimate of drug-likeness (QED) is 0.725. The Labute approximate surface area is 167 Å². The normalized spacial score (nSPS) is 22.0. The minimum Gasteiger partial charge on any atom is -0.354 e. The Hall–Kier alpha value is -1.40. The van der Waals surface area contributed by atoms with Crippen molar-refractivity contribution < 1.29 is 9.59 Å². The number of nitrogens with one attached hydrogen (secondary N) is 1. The highest BCUT2D eigenvalue weighted by molar-refractivity contribution is 7.12. The van der Waals surface area contributed by atoms with Crippen LogP contribution in [0.25, 0.3) is 0 Å². The van der Waals surface area contributed by atoms with Gasteiger partial charge >= 0.3 is 0 Å². The maximum atomic E-state index is 12.7. The van der Waals surface area contributed by atoms with E-state index in [4.69, 9.17) is 0 Å². The van der Waals surface area contributed by atoms with Crippen LogP contribution in [-0.2, 0) is 4.79 Å². The first-order chi connectivity index (χ1) is 13.1. The van der Waals surface area contributed by atoms with Gasteiger partial charge in [-0.15, -0.1) is 11.3 Å². The molecule has 27 heavy (non-hydrogen) atoms. The summed E-state index contributed by atoms with van der Waals surface area (Å²) in [5.41, 5.74) is 0. The number of thiophene rings is 1. The van der Waals surface area contributed by atoms with E-state index >= 15 is 0 Å². The van der Waals surface area contributed by atoms with Crippen LogP contribution in [0.2, 0.25) is 0 Å². The average molecular weight is 392 g/mol. The third kappa shape index (κ3) is 5.79. The van der Waals surface area contributed by atoms with Crippen LogP contribution in [0.15, 0.2) is 17.5 Å². The Morgan fingerprint density at radius 1 is 1.15 bits per heavy atom. The third-order valence-corrected chi connectivity index (χ3v) is 6.73. The predicted octanol–water partition coefficient (Wildman–Crippen LogP) is 3.37. The van der Waals surface area contributed by atoms with Crippen molar-refractivity contribution in [1.29, 1.82) is 0 Å². The maximum Gasteiger partial charge on any atom is 0.264 e. The van der Waals surface area contributed by atoms with E-state index < -0.39 is 0 Å². The summed E-state index contributed by atoms with van der Waals surface area (Å²) in [4.78, 5) is 30.4. The van der Waals surface area contributed by atoms with Crippen molar-refractivity contribution in [3.8, 4) is 0 Å². The van der Waals surface area contributed by atoms with Crippen LogP contribution in [0, 0.1) is 5.92 Å². The van der Waals surface area contributed by atoms with Gasteiger partial charge in [0.15, 0.2) is 0 Å². The molecule has 0 aromatic carbocycles. The molecule has 150 valence electrons. The zero-order valence-electron chi connectivity index (χ0n) is 16.5. The summed E-state index contributed by atoms with van der Waals surface area (Å²) in [6.45, 7) is 7.30. The van der Waals surface area contributed by atoms with Gasteiger partial charge in [0.1, 0.15) is 6.04 Å². The molecule has 0 saturated carbocycles. The fourth-order valence-electron chi connectivity index (χ4n) is 4.06. The van der Waals surface area contributed by atoms with Gasteiger partial charge in [0.05, 0.1) is 4.88 Å². The number of amides is 2. The average Bonchev–Trinajstić information content (AvgIpc) is 3.23. The fourth-order valence-corrected chi connectivity index (χ4v) is 4.74. The molecule has 5 nitrogen and oxygen atoms in total. The Morgan fingerprint density at radius 2 is 1.96 bits per heavy atom. The largest absolute Gasteiger partial charge is 0.354 e. The zero-order chi connectivity index (χ0) is 19.1. The minimum atomic E-state index is -0.308. The van der Waals surface area contributed by atoms with Gasteiger partial charge in [-0.1, -0.05) is 13.0 Å². The van der Waals surface area contributed by atoms with Gasteiger partial charge in [-0.2, -0.15) is 0 Å². The number of hydrogen-bond donors (Lipinski definition) is 1. The van der Waals surface area contributed by atoms with Crippen molar-refractivity contribution in [2.24, 2.45) is 5.92 Å². The smallest absolute Gasteiger partial charge is 0.264 e. The van der Waals surface area contributed by atoms with Gasteiger partial charge in [0, 0.05) is 13.1 Å². The highest BCUT2D eigenvalue weighted by atomic mass is 32.1. The van der Waals surface area contributed by atoms with E-state index in [0.717, 1.165) is 49.4 Å². The number of hydrogen-bond acceptors (Lipinski definition) is 4. The molecule has 1 N–H and O–H groups in total. The number of nitrogens with zero attached hydrogens (tertiary/aromatic N) is 2. The first-order valence-electron chi connectivity index (χ1n) is 10.5. The van der Waals surface area contributed by atoms with Gasteiger partial charge in [-0.3, -0.25) is 9.59 Å². The molecular formula is C21H33N3O2S. The van der Waals surface area contributed by atoms with E-state index in [-0.39, 0.29) is 17.9 Å². The lowest BCUT2D eigenvalue weighted by Crippen LogP contribution is -2.52. The summed E-state index contributed by atoms with van der Waals surface area (Å²) in [5.74, 6) is 0.895. The van der Waals surface area contributed by atoms with E-state index in [9.17, 15) is 9.59 Å². The van der Waals surface area contributed by atoms with E-state index in [1.165, 1.54) is 37.3 Å². The molecule has 2 fully saturated rings.